The first kappa shape index (κ1) is 16.3. The number of amides is 2. The van der Waals surface area contributed by atoms with Crippen molar-refractivity contribution in [1.29, 1.82) is 0 Å². The van der Waals surface area contributed by atoms with Crippen molar-refractivity contribution in [1.82, 2.24) is 10.2 Å². The highest BCUT2D eigenvalue weighted by molar-refractivity contribution is 5.90. The van der Waals surface area contributed by atoms with Gasteiger partial charge in [0, 0.05) is 6.04 Å². The summed E-state index contributed by atoms with van der Waals surface area (Å²) < 4.78 is 5.13. The van der Waals surface area contributed by atoms with E-state index in [0.717, 1.165) is 5.56 Å². The Bertz CT molecular complexity index is 633. The van der Waals surface area contributed by atoms with Crippen molar-refractivity contribution in [3.8, 4) is 0 Å². The number of benzene rings is 1. The van der Waals surface area contributed by atoms with Gasteiger partial charge in [-0.05, 0) is 31.2 Å². The third-order valence-corrected chi connectivity index (χ3v) is 4.63. The summed E-state index contributed by atoms with van der Waals surface area (Å²) in [4.78, 5) is 37.2. The molecule has 0 unspecified atom stereocenters. The van der Waals surface area contributed by atoms with E-state index in [-0.39, 0.29) is 18.6 Å². The van der Waals surface area contributed by atoms with Gasteiger partial charge in [0.2, 0.25) is 5.91 Å². The average molecular weight is 332 g/mol. The molecule has 24 heavy (non-hydrogen) atoms. The summed E-state index contributed by atoms with van der Waals surface area (Å²) in [6.07, 6.45) is 1.71. The number of carbonyl (C=O) groups excluding carboxylic acids is 2. The molecule has 2 aliphatic heterocycles. The van der Waals surface area contributed by atoms with E-state index >= 15 is 0 Å². The summed E-state index contributed by atoms with van der Waals surface area (Å²) >= 11 is 0. The van der Waals surface area contributed by atoms with Crippen molar-refractivity contribution < 1.29 is 24.2 Å². The van der Waals surface area contributed by atoms with E-state index in [0.29, 0.717) is 25.7 Å². The van der Waals surface area contributed by atoms with Gasteiger partial charge in [0.1, 0.15) is 18.7 Å². The number of nitrogens with zero attached hydrogens (tertiary/aromatic N) is 1. The lowest BCUT2D eigenvalue weighted by atomic mass is 9.98. The van der Waals surface area contributed by atoms with Crippen molar-refractivity contribution in [3.63, 3.8) is 0 Å². The predicted molar refractivity (Wildman–Crippen MR) is 84.1 cm³/mol. The number of hydrogen-bond acceptors (Lipinski definition) is 4. The van der Waals surface area contributed by atoms with Gasteiger partial charge in [-0.3, -0.25) is 4.79 Å². The largest absolute Gasteiger partial charge is 0.480 e. The van der Waals surface area contributed by atoms with Crippen LogP contribution in [-0.2, 0) is 20.9 Å². The molecule has 7 heteroatoms. The summed E-state index contributed by atoms with van der Waals surface area (Å²) in [5.41, 5.74) is 0.855. The molecule has 2 saturated heterocycles. The third-order valence-electron chi connectivity index (χ3n) is 4.63. The van der Waals surface area contributed by atoms with Gasteiger partial charge in [0.05, 0.1) is 0 Å². The Labute approximate surface area is 139 Å². The molecule has 2 fully saturated rings. The number of carboxylic acids is 1. The second kappa shape index (κ2) is 6.90. The highest BCUT2D eigenvalue weighted by Crippen LogP contribution is 2.32. The lowest BCUT2D eigenvalue weighted by molar-refractivity contribution is -0.152. The fourth-order valence-corrected chi connectivity index (χ4v) is 3.45. The molecule has 2 N–H and O–H groups in total. The van der Waals surface area contributed by atoms with E-state index in [1.54, 1.807) is 0 Å². The fourth-order valence-electron chi connectivity index (χ4n) is 3.45. The number of carbonyl (C=O) groups is 3. The molecule has 3 atom stereocenters. The van der Waals surface area contributed by atoms with Crippen LogP contribution in [-0.4, -0.2) is 46.1 Å². The summed E-state index contributed by atoms with van der Waals surface area (Å²) in [5, 5.41) is 11.8. The van der Waals surface area contributed by atoms with Crippen LogP contribution in [0.25, 0.3) is 0 Å². The van der Waals surface area contributed by atoms with Crippen molar-refractivity contribution in [2.45, 2.75) is 50.4 Å². The summed E-state index contributed by atoms with van der Waals surface area (Å²) in [7, 11) is 0. The number of alkyl carbamates (subject to hydrolysis) is 1. The zero-order valence-corrected chi connectivity index (χ0v) is 13.2. The summed E-state index contributed by atoms with van der Waals surface area (Å²) in [6, 6.07) is 7.71. The molecule has 0 radical (unpaired) electrons. The van der Waals surface area contributed by atoms with Crippen LogP contribution >= 0.6 is 0 Å². The monoisotopic (exact) mass is 332 g/mol. The normalized spacial score (nSPS) is 25.9. The minimum absolute atomic E-state index is 0.0306. The van der Waals surface area contributed by atoms with Crippen LogP contribution in [0.5, 0.6) is 0 Å². The molecule has 2 heterocycles. The number of ether oxygens (including phenoxy) is 1. The second-order valence-corrected chi connectivity index (χ2v) is 6.17. The SMILES string of the molecule is O=C(N[C@@H]1CC[C@H]2CC[C@@H](C(=O)O)N2C1=O)OCc1ccccc1. The van der Waals surface area contributed by atoms with E-state index in [2.05, 4.69) is 5.32 Å². The molecule has 2 amide bonds. The molecule has 2 aliphatic rings. The fraction of sp³-hybridized carbons (Fsp3) is 0.471. The quantitative estimate of drug-likeness (QED) is 0.871. The van der Waals surface area contributed by atoms with Crippen LogP contribution in [0.4, 0.5) is 4.79 Å². The minimum atomic E-state index is -0.988. The Morgan fingerprint density at radius 1 is 1.17 bits per heavy atom. The number of carboxylic acid groups (broad SMARTS) is 1. The number of fused-ring (bicyclic) bond motifs is 1. The Balaban J connectivity index is 1.56. The van der Waals surface area contributed by atoms with E-state index in [4.69, 9.17) is 4.74 Å². The van der Waals surface area contributed by atoms with E-state index in [1.807, 2.05) is 30.3 Å². The average Bonchev–Trinajstić information content (AvgIpc) is 3.02. The van der Waals surface area contributed by atoms with Crippen LogP contribution in [0, 0.1) is 0 Å². The maximum Gasteiger partial charge on any atom is 0.408 e. The molecule has 0 aromatic heterocycles. The molecular formula is C17H20N2O5. The molecule has 0 aliphatic carbocycles. The highest BCUT2D eigenvalue weighted by atomic mass is 16.5. The van der Waals surface area contributed by atoms with Gasteiger partial charge in [-0.25, -0.2) is 9.59 Å². The number of aliphatic carboxylic acids is 1. The van der Waals surface area contributed by atoms with Crippen LogP contribution in [0.2, 0.25) is 0 Å². The third kappa shape index (κ3) is 3.34. The predicted octanol–water partition coefficient (Wildman–Crippen LogP) is 1.52. The van der Waals surface area contributed by atoms with E-state index in [1.165, 1.54) is 4.90 Å². The standard InChI is InChI=1S/C17H20N2O5/c20-15-13(8-6-12-7-9-14(16(21)22)19(12)15)18-17(23)24-10-11-4-2-1-3-5-11/h1-5,12-14H,6-10H2,(H,18,23)(H,21,22)/t12-,13+,14-/m0/s1. The molecular weight excluding hydrogens is 312 g/mol. The number of rotatable bonds is 4. The number of hydrogen-bond donors (Lipinski definition) is 2. The van der Waals surface area contributed by atoms with Crippen LogP contribution < -0.4 is 5.32 Å². The number of nitrogens with one attached hydrogen (secondary N) is 1. The van der Waals surface area contributed by atoms with Gasteiger partial charge >= 0.3 is 12.1 Å². The number of piperidine rings is 1. The smallest absolute Gasteiger partial charge is 0.408 e. The highest BCUT2D eigenvalue weighted by Gasteiger charge is 2.46. The van der Waals surface area contributed by atoms with Crippen molar-refractivity contribution in [3.05, 3.63) is 35.9 Å². The second-order valence-electron chi connectivity index (χ2n) is 6.17. The molecule has 7 nitrogen and oxygen atoms in total. The van der Waals surface area contributed by atoms with E-state index < -0.39 is 24.1 Å². The molecule has 128 valence electrons. The molecule has 0 bridgehead atoms. The lowest BCUT2D eigenvalue weighted by Crippen LogP contribution is -2.57. The van der Waals surface area contributed by atoms with E-state index in [9.17, 15) is 19.5 Å². The zero-order valence-electron chi connectivity index (χ0n) is 13.2. The molecule has 0 spiro atoms. The Kier molecular flexibility index (Phi) is 4.69. The lowest BCUT2D eigenvalue weighted by Gasteiger charge is -2.36. The van der Waals surface area contributed by atoms with Crippen LogP contribution in [0.1, 0.15) is 31.2 Å². The first-order chi connectivity index (χ1) is 11.6. The van der Waals surface area contributed by atoms with Gasteiger partial charge in [-0.1, -0.05) is 30.3 Å². The zero-order chi connectivity index (χ0) is 17.1. The maximum absolute atomic E-state index is 12.5. The summed E-state index contributed by atoms with van der Waals surface area (Å²) in [6.45, 7) is 0.123. The maximum atomic E-state index is 12.5. The Morgan fingerprint density at radius 3 is 2.58 bits per heavy atom. The van der Waals surface area contributed by atoms with Gasteiger partial charge in [-0.2, -0.15) is 0 Å². The van der Waals surface area contributed by atoms with Crippen LogP contribution in [0.3, 0.4) is 0 Å². The van der Waals surface area contributed by atoms with Gasteiger partial charge in [0.15, 0.2) is 0 Å². The van der Waals surface area contributed by atoms with Gasteiger partial charge < -0.3 is 20.1 Å². The Hall–Kier alpha value is -2.57. The Morgan fingerprint density at radius 2 is 1.88 bits per heavy atom. The topological polar surface area (TPSA) is 95.9 Å². The molecule has 1 aromatic carbocycles. The molecule has 1 aromatic rings. The summed E-state index contributed by atoms with van der Waals surface area (Å²) in [5.74, 6) is -1.31. The molecule has 3 rings (SSSR count). The minimum Gasteiger partial charge on any atom is -0.480 e. The van der Waals surface area contributed by atoms with Gasteiger partial charge in [-0.15, -0.1) is 0 Å². The van der Waals surface area contributed by atoms with Crippen molar-refractivity contribution in [2.75, 3.05) is 0 Å². The van der Waals surface area contributed by atoms with Gasteiger partial charge in [0.25, 0.3) is 0 Å². The van der Waals surface area contributed by atoms with Crippen molar-refractivity contribution >= 4 is 18.0 Å². The molecule has 0 saturated carbocycles. The van der Waals surface area contributed by atoms with Crippen LogP contribution in [0.15, 0.2) is 30.3 Å². The first-order valence-corrected chi connectivity index (χ1v) is 8.08. The first-order valence-electron chi connectivity index (χ1n) is 8.08. The van der Waals surface area contributed by atoms with Crippen molar-refractivity contribution in [2.24, 2.45) is 0 Å².